The number of nitrogens with two attached hydrogens (primary N) is 1. The molecule has 6 heteroatoms. The van der Waals surface area contributed by atoms with E-state index >= 15 is 0 Å². The fourth-order valence-electron chi connectivity index (χ4n) is 3.43. The second kappa shape index (κ2) is 8.67. The Hall–Kier alpha value is -2.34. The van der Waals surface area contributed by atoms with Gasteiger partial charge >= 0.3 is 0 Å². The number of aliphatic imine (C=N–C) groups is 1. The number of likely N-dealkylation sites (N-methyl/N-ethyl adjacent to an activating group) is 1. The van der Waals surface area contributed by atoms with E-state index < -0.39 is 0 Å². The maximum Gasteiger partial charge on any atom is 0.188 e. The van der Waals surface area contributed by atoms with Gasteiger partial charge in [-0.15, -0.1) is 0 Å². The van der Waals surface area contributed by atoms with Gasteiger partial charge in [-0.05, 0) is 43.1 Å². The van der Waals surface area contributed by atoms with Crippen molar-refractivity contribution in [2.45, 2.75) is 38.9 Å². The molecule has 0 spiro atoms. The molecule has 0 radical (unpaired) electrons. The van der Waals surface area contributed by atoms with E-state index in [0.29, 0.717) is 18.5 Å². The van der Waals surface area contributed by atoms with E-state index in [1.54, 1.807) is 6.20 Å². The fraction of sp³-hybridized carbons (Fsp3) is 0.474. The van der Waals surface area contributed by atoms with Gasteiger partial charge in [-0.1, -0.05) is 31.2 Å². The molecule has 0 bridgehead atoms. The van der Waals surface area contributed by atoms with Crippen LogP contribution in [-0.2, 0) is 13.1 Å². The largest absolute Gasteiger partial charge is 0.370 e. The first-order valence-corrected chi connectivity index (χ1v) is 9.08. The summed E-state index contributed by atoms with van der Waals surface area (Å²) in [6.07, 6.45) is 6.28. The van der Waals surface area contributed by atoms with Gasteiger partial charge in [0.2, 0.25) is 0 Å². The summed E-state index contributed by atoms with van der Waals surface area (Å²) in [6, 6.07) is 10.8. The highest BCUT2D eigenvalue weighted by Gasteiger charge is 2.22. The maximum atomic E-state index is 6.08. The highest BCUT2D eigenvalue weighted by atomic mass is 15.3. The molecule has 1 aromatic carbocycles. The molecule has 134 valence electrons. The van der Waals surface area contributed by atoms with Crippen molar-refractivity contribution in [2.75, 3.05) is 19.6 Å². The zero-order chi connectivity index (χ0) is 17.5. The molecule has 0 saturated carbocycles. The zero-order valence-corrected chi connectivity index (χ0v) is 14.9. The Balaban J connectivity index is 1.56. The Morgan fingerprint density at radius 2 is 2.16 bits per heavy atom. The molecule has 1 aromatic heterocycles. The number of rotatable bonds is 7. The molecule has 0 amide bonds. The van der Waals surface area contributed by atoms with Crippen LogP contribution in [0.15, 0.2) is 47.7 Å². The van der Waals surface area contributed by atoms with Gasteiger partial charge in [0.1, 0.15) is 0 Å². The fourth-order valence-corrected chi connectivity index (χ4v) is 3.43. The zero-order valence-electron chi connectivity index (χ0n) is 14.9. The summed E-state index contributed by atoms with van der Waals surface area (Å²) in [5.74, 6) is 0.525. The molecule has 0 unspecified atom stereocenters. The minimum atomic E-state index is 0.525. The molecule has 1 atom stereocenters. The van der Waals surface area contributed by atoms with Crippen LogP contribution in [-0.4, -0.2) is 46.3 Å². The summed E-state index contributed by atoms with van der Waals surface area (Å²) in [6.45, 7) is 6.72. The van der Waals surface area contributed by atoms with E-state index in [1.165, 1.54) is 30.5 Å². The minimum Gasteiger partial charge on any atom is -0.370 e. The first-order chi connectivity index (χ1) is 12.3. The van der Waals surface area contributed by atoms with Gasteiger partial charge < -0.3 is 11.1 Å². The van der Waals surface area contributed by atoms with Crippen molar-refractivity contribution in [2.24, 2.45) is 10.7 Å². The van der Waals surface area contributed by atoms with Gasteiger partial charge in [0.15, 0.2) is 5.96 Å². The van der Waals surface area contributed by atoms with E-state index in [9.17, 15) is 0 Å². The second-order valence-corrected chi connectivity index (χ2v) is 6.48. The predicted octanol–water partition coefficient (Wildman–Crippen LogP) is 1.82. The van der Waals surface area contributed by atoms with E-state index in [2.05, 4.69) is 39.4 Å². The minimum absolute atomic E-state index is 0.525. The number of hydrogen-bond acceptors (Lipinski definition) is 3. The third-order valence-electron chi connectivity index (χ3n) is 4.85. The van der Waals surface area contributed by atoms with E-state index in [0.717, 1.165) is 19.6 Å². The van der Waals surface area contributed by atoms with Crippen molar-refractivity contribution in [1.82, 2.24) is 20.0 Å². The quantitative estimate of drug-likeness (QED) is 0.596. The van der Waals surface area contributed by atoms with Gasteiger partial charge in [0.25, 0.3) is 0 Å². The van der Waals surface area contributed by atoms with E-state index in [-0.39, 0.29) is 0 Å². The van der Waals surface area contributed by atoms with E-state index in [4.69, 9.17) is 5.73 Å². The molecule has 1 aliphatic heterocycles. The molecule has 6 nitrogen and oxygen atoms in total. The summed E-state index contributed by atoms with van der Waals surface area (Å²) in [5, 5.41) is 7.57. The van der Waals surface area contributed by atoms with Crippen LogP contribution in [0.1, 0.15) is 30.9 Å². The van der Waals surface area contributed by atoms with Crippen LogP contribution in [0.2, 0.25) is 0 Å². The maximum absolute atomic E-state index is 6.08. The average Bonchev–Trinajstić information content (AvgIpc) is 3.30. The number of hydrogen-bond donors (Lipinski definition) is 2. The highest BCUT2D eigenvalue weighted by molar-refractivity contribution is 5.77. The molecule has 1 saturated heterocycles. The molecule has 3 N–H and O–H groups in total. The van der Waals surface area contributed by atoms with E-state index in [1.807, 2.05) is 29.1 Å². The standard InChI is InChI=1S/C19H28N6/c1-2-24-11-5-9-18(24)14-22-19(20)21-13-16-7-3-4-8-17(16)15-25-12-6-10-23-25/h3-4,6-8,10,12,18H,2,5,9,11,13-15H2,1H3,(H3,20,21,22)/t18-/m0/s1. The smallest absolute Gasteiger partial charge is 0.188 e. The Morgan fingerprint density at radius 3 is 2.92 bits per heavy atom. The van der Waals surface area contributed by atoms with Crippen molar-refractivity contribution in [3.8, 4) is 0 Å². The topological polar surface area (TPSA) is 71.5 Å². The third-order valence-corrected chi connectivity index (χ3v) is 4.85. The normalized spacial score (nSPS) is 18.6. The molecule has 0 aliphatic carbocycles. The summed E-state index contributed by atoms with van der Waals surface area (Å²) in [5.41, 5.74) is 8.47. The Kier molecular flexibility index (Phi) is 6.06. The highest BCUT2D eigenvalue weighted by Crippen LogP contribution is 2.15. The van der Waals surface area contributed by atoms with Gasteiger partial charge in [0, 0.05) is 25.0 Å². The van der Waals surface area contributed by atoms with Gasteiger partial charge in [-0.2, -0.15) is 5.10 Å². The first-order valence-electron chi connectivity index (χ1n) is 9.08. The lowest BCUT2D eigenvalue weighted by Gasteiger charge is -2.23. The summed E-state index contributed by atoms with van der Waals surface area (Å²) in [4.78, 5) is 7.03. The second-order valence-electron chi connectivity index (χ2n) is 6.48. The molecular formula is C19H28N6. The molecule has 2 aromatic rings. The van der Waals surface area contributed by atoms with Crippen molar-refractivity contribution in [3.05, 3.63) is 53.9 Å². The average molecular weight is 340 g/mol. The molecular weight excluding hydrogens is 312 g/mol. The summed E-state index contributed by atoms with van der Waals surface area (Å²) < 4.78 is 1.92. The number of benzene rings is 1. The third kappa shape index (κ3) is 4.82. The van der Waals surface area contributed by atoms with Crippen LogP contribution in [0.4, 0.5) is 0 Å². The number of guanidine groups is 1. The summed E-state index contributed by atoms with van der Waals surface area (Å²) >= 11 is 0. The van der Waals surface area contributed by atoms with Crippen molar-refractivity contribution < 1.29 is 0 Å². The first kappa shape index (κ1) is 17.5. The molecule has 2 heterocycles. The monoisotopic (exact) mass is 340 g/mol. The Labute approximate surface area is 149 Å². The number of nitrogens with one attached hydrogen (secondary N) is 1. The summed E-state index contributed by atoms with van der Waals surface area (Å²) in [7, 11) is 0. The molecule has 25 heavy (non-hydrogen) atoms. The van der Waals surface area contributed by atoms with Crippen LogP contribution in [0.3, 0.4) is 0 Å². The lowest BCUT2D eigenvalue weighted by molar-refractivity contribution is 0.267. The predicted molar refractivity (Wildman–Crippen MR) is 101 cm³/mol. The van der Waals surface area contributed by atoms with Gasteiger partial charge in [-0.3, -0.25) is 9.58 Å². The number of likely N-dealkylation sites (tertiary alicyclic amines) is 1. The van der Waals surface area contributed by atoms with Crippen LogP contribution in [0.5, 0.6) is 0 Å². The van der Waals surface area contributed by atoms with Crippen molar-refractivity contribution in [3.63, 3.8) is 0 Å². The van der Waals surface area contributed by atoms with Gasteiger partial charge in [0.05, 0.1) is 13.1 Å². The molecule has 3 rings (SSSR count). The Bertz CT molecular complexity index is 679. The van der Waals surface area contributed by atoms with Crippen molar-refractivity contribution in [1.29, 1.82) is 0 Å². The van der Waals surface area contributed by atoms with Crippen LogP contribution in [0.25, 0.3) is 0 Å². The number of aromatic nitrogens is 2. The molecule has 1 aliphatic rings. The number of nitrogens with zero attached hydrogens (tertiary/aromatic N) is 4. The molecule has 1 fully saturated rings. The lowest BCUT2D eigenvalue weighted by Crippen LogP contribution is -2.42. The SMILES string of the molecule is CCN1CCC[C@H]1CNC(N)=NCc1ccccc1Cn1cccn1. The lowest BCUT2D eigenvalue weighted by atomic mass is 10.1. The van der Waals surface area contributed by atoms with Crippen LogP contribution >= 0.6 is 0 Å². The van der Waals surface area contributed by atoms with Crippen molar-refractivity contribution >= 4 is 5.96 Å². The Morgan fingerprint density at radius 1 is 1.32 bits per heavy atom. The van der Waals surface area contributed by atoms with Crippen LogP contribution in [0, 0.1) is 0 Å². The van der Waals surface area contributed by atoms with Gasteiger partial charge in [-0.25, -0.2) is 4.99 Å². The van der Waals surface area contributed by atoms with Crippen LogP contribution < -0.4 is 11.1 Å².